The molecule has 5 nitrogen and oxygen atoms in total. The van der Waals surface area contributed by atoms with Crippen LogP contribution in [0, 0.1) is 12.8 Å². The van der Waals surface area contributed by atoms with Crippen molar-refractivity contribution in [2.45, 2.75) is 44.7 Å². The number of thiophene rings is 1. The highest BCUT2D eigenvalue weighted by Crippen LogP contribution is 2.42. The topological polar surface area (TPSA) is 66.6 Å². The first-order valence-corrected chi connectivity index (χ1v) is 10.9. The van der Waals surface area contributed by atoms with Crippen LogP contribution in [0.4, 0.5) is 5.69 Å². The van der Waals surface area contributed by atoms with Gasteiger partial charge in [0.05, 0.1) is 12.0 Å². The van der Waals surface area contributed by atoms with E-state index in [1.165, 1.54) is 0 Å². The maximum absolute atomic E-state index is 13.5. The fourth-order valence-electron chi connectivity index (χ4n) is 4.39. The van der Waals surface area contributed by atoms with Gasteiger partial charge in [-0.2, -0.15) is 0 Å². The van der Waals surface area contributed by atoms with Crippen molar-refractivity contribution in [3.8, 4) is 0 Å². The molecule has 156 valence electrons. The molecule has 2 amide bonds. The summed E-state index contributed by atoms with van der Waals surface area (Å²) in [6.07, 6.45) is 2.90. The molecule has 0 saturated carbocycles. The number of amides is 2. The Morgan fingerprint density at radius 3 is 2.59 bits per heavy atom. The first kappa shape index (κ1) is 21.8. The molecule has 3 atom stereocenters. The highest BCUT2D eigenvalue weighted by molar-refractivity contribution is 7.10. The van der Waals surface area contributed by atoms with Crippen molar-refractivity contribution in [3.05, 3.63) is 52.2 Å². The number of aryl methyl sites for hydroxylation is 1. The van der Waals surface area contributed by atoms with Gasteiger partial charge in [-0.15, -0.1) is 23.7 Å². The van der Waals surface area contributed by atoms with E-state index in [0.29, 0.717) is 19.4 Å². The third kappa shape index (κ3) is 4.49. The predicted molar refractivity (Wildman–Crippen MR) is 119 cm³/mol. The summed E-state index contributed by atoms with van der Waals surface area (Å²) in [6, 6.07) is 11.8. The summed E-state index contributed by atoms with van der Waals surface area (Å²) in [5.74, 6) is -0.0113. The molecule has 4 rings (SSSR count). The van der Waals surface area contributed by atoms with Gasteiger partial charge in [-0.1, -0.05) is 23.8 Å². The zero-order valence-electron chi connectivity index (χ0n) is 16.6. The summed E-state index contributed by atoms with van der Waals surface area (Å²) in [4.78, 5) is 31.3. The number of likely N-dealkylation sites (tertiary alicyclic amines) is 1. The van der Waals surface area contributed by atoms with E-state index < -0.39 is 0 Å². The molecule has 2 aromatic rings. The fraction of sp³-hybridized carbons (Fsp3) is 0.455. The number of rotatable bonds is 3. The van der Waals surface area contributed by atoms with E-state index in [9.17, 15) is 9.59 Å². The smallest absolute Gasteiger partial charge is 0.228 e. The number of nitrogens with two attached hydrogens (primary N) is 1. The van der Waals surface area contributed by atoms with Crippen LogP contribution in [0.15, 0.2) is 41.8 Å². The second kappa shape index (κ2) is 9.28. The number of nitrogens with zero attached hydrogens (tertiary/aromatic N) is 2. The molecule has 1 aromatic carbocycles. The highest BCUT2D eigenvalue weighted by Gasteiger charge is 2.43. The van der Waals surface area contributed by atoms with Crippen molar-refractivity contribution in [1.29, 1.82) is 0 Å². The van der Waals surface area contributed by atoms with Crippen LogP contribution in [0.5, 0.6) is 0 Å². The van der Waals surface area contributed by atoms with Gasteiger partial charge in [0.1, 0.15) is 0 Å². The van der Waals surface area contributed by atoms with Gasteiger partial charge < -0.3 is 15.5 Å². The number of carbonyl (C=O) groups is 2. The third-order valence-corrected chi connectivity index (χ3v) is 6.77. The third-order valence-electron chi connectivity index (χ3n) is 5.83. The lowest BCUT2D eigenvalue weighted by Crippen LogP contribution is -2.52. The van der Waals surface area contributed by atoms with Gasteiger partial charge in [-0.25, -0.2) is 0 Å². The van der Waals surface area contributed by atoms with Gasteiger partial charge >= 0.3 is 0 Å². The first-order valence-electron chi connectivity index (χ1n) is 10.0. The van der Waals surface area contributed by atoms with Gasteiger partial charge in [0.15, 0.2) is 0 Å². The Balaban J connectivity index is 0.00000240. The molecule has 3 unspecified atom stereocenters. The Kier molecular flexibility index (Phi) is 6.98. The molecule has 0 bridgehead atoms. The number of benzene rings is 1. The molecule has 0 spiro atoms. The minimum atomic E-state index is -0.255. The molecule has 0 radical (unpaired) electrons. The van der Waals surface area contributed by atoms with Crippen molar-refractivity contribution in [1.82, 2.24) is 4.90 Å². The van der Waals surface area contributed by atoms with Gasteiger partial charge in [0.2, 0.25) is 11.8 Å². The van der Waals surface area contributed by atoms with Crippen molar-refractivity contribution >= 4 is 41.2 Å². The summed E-state index contributed by atoms with van der Waals surface area (Å²) in [6.45, 7) is 3.41. The second-order valence-corrected chi connectivity index (χ2v) is 8.87. The van der Waals surface area contributed by atoms with Crippen LogP contribution in [-0.4, -0.2) is 35.8 Å². The normalized spacial score (nSPS) is 24.9. The summed E-state index contributed by atoms with van der Waals surface area (Å²) in [5.41, 5.74) is 8.13. The Morgan fingerprint density at radius 2 is 1.93 bits per heavy atom. The van der Waals surface area contributed by atoms with Crippen molar-refractivity contribution in [2.24, 2.45) is 11.7 Å². The fourth-order valence-corrected chi connectivity index (χ4v) is 5.27. The van der Waals surface area contributed by atoms with E-state index in [1.807, 2.05) is 58.5 Å². The average Bonchev–Trinajstić information content (AvgIpc) is 3.22. The monoisotopic (exact) mass is 433 g/mol. The van der Waals surface area contributed by atoms with E-state index in [2.05, 4.69) is 0 Å². The van der Waals surface area contributed by atoms with E-state index in [-0.39, 0.29) is 42.2 Å². The molecule has 3 heterocycles. The van der Waals surface area contributed by atoms with E-state index >= 15 is 0 Å². The van der Waals surface area contributed by atoms with E-state index in [4.69, 9.17) is 5.73 Å². The van der Waals surface area contributed by atoms with Crippen LogP contribution in [0.3, 0.4) is 0 Å². The minimum Gasteiger partial charge on any atom is -0.341 e. The van der Waals surface area contributed by atoms with Crippen molar-refractivity contribution < 1.29 is 9.59 Å². The largest absolute Gasteiger partial charge is 0.341 e. The van der Waals surface area contributed by atoms with Gasteiger partial charge in [0.25, 0.3) is 0 Å². The van der Waals surface area contributed by atoms with Gasteiger partial charge in [-0.3, -0.25) is 9.59 Å². The van der Waals surface area contributed by atoms with Crippen molar-refractivity contribution in [3.63, 3.8) is 0 Å². The summed E-state index contributed by atoms with van der Waals surface area (Å²) in [5, 5.41) is 2.01. The Hall–Kier alpha value is -1.89. The first-order chi connectivity index (χ1) is 13.5. The van der Waals surface area contributed by atoms with E-state index in [1.54, 1.807) is 11.3 Å². The standard InChI is InChI=1S/C22H27N3O2S.ClH/c1-15-6-8-17(9-7-15)25-20(26)11-10-18(21(25)19-5-3-13-28-19)22(27)24-12-2-4-16(23)14-24;/h3,5-9,13,16,18,21H,2,4,10-12,14,23H2,1H3;1H. The summed E-state index contributed by atoms with van der Waals surface area (Å²) >= 11 is 1.61. The number of hydrogen-bond donors (Lipinski definition) is 1. The Bertz CT molecular complexity index is 840. The zero-order chi connectivity index (χ0) is 19.7. The lowest BCUT2D eigenvalue weighted by molar-refractivity contribution is -0.139. The quantitative estimate of drug-likeness (QED) is 0.797. The maximum Gasteiger partial charge on any atom is 0.228 e. The molecular weight excluding hydrogens is 406 g/mol. The molecule has 0 aliphatic carbocycles. The number of carbonyl (C=O) groups excluding carboxylic acids is 2. The molecule has 2 aliphatic heterocycles. The zero-order valence-corrected chi connectivity index (χ0v) is 18.3. The number of halogens is 1. The molecule has 1 aromatic heterocycles. The summed E-state index contributed by atoms with van der Waals surface area (Å²) in [7, 11) is 0. The molecule has 2 saturated heterocycles. The lowest BCUT2D eigenvalue weighted by atomic mass is 9.85. The molecule has 2 aliphatic rings. The average molecular weight is 434 g/mol. The summed E-state index contributed by atoms with van der Waals surface area (Å²) < 4.78 is 0. The SMILES string of the molecule is Cc1ccc(N2C(=O)CCC(C(=O)N3CCCC(N)C3)C2c2cccs2)cc1.Cl. The number of hydrogen-bond acceptors (Lipinski definition) is 4. The highest BCUT2D eigenvalue weighted by atomic mass is 35.5. The van der Waals surface area contributed by atoms with Gasteiger partial charge in [-0.05, 0) is 49.8 Å². The van der Waals surface area contributed by atoms with Crippen LogP contribution in [0.25, 0.3) is 0 Å². The number of piperidine rings is 2. The van der Waals surface area contributed by atoms with Crippen LogP contribution in [0.1, 0.15) is 42.2 Å². The molecule has 7 heteroatoms. The Labute approximate surface area is 182 Å². The molecular formula is C22H28ClN3O2S. The Morgan fingerprint density at radius 1 is 1.17 bits per heavy atom. The van der Waals surface area contributed by atoms with Crippen LogP contribution in [0.2, 0.25) is 0 Å². The molecule has 2 fully saturated rings. The van der Waals surface area contributed by atoms with Crippen LogP contribution >= 0.6 is 23.7 Å². The van der Waals surface area contributed by atoms with Crippen LogP contribution < -0.4 is 10.6 Å². The van der Waals surface area contributed by atoms with Crippen molar-refractivity contribution in [2.75, 3.05) is 18.0 Å². The van der Waals surface area contributed by atoms with E-state index in [0.717, 1.165) is 35.5 Å². The van der Waals surface area contributed by atoms with Gasteiger partial charge in [0, 0.05) is 36.1 Å². The molecule has 29 heavy (non-hydrogen) atoms. The predicted octanol–water partition coefficient (Wildman–Crippen LogP) is 3.91. The minimum absolute atomic E-state index is 0. The molecule has 2 N–H and O–H groups in total. The number of anilines is 1. The lowest BCUT2D eigenvalue weighted by Gasteiger charge is -2.43. The second-order valence-electron chi connectivity index (χ2n) is 7.89. The van der Waals surface area contributed by atoms with Crippen LogP contribution in [-0.2, 0) is 9.59 Å². The maximum atomic E-state index is 13.5.